The smallest absolute Gasteiger partial charge is 0.361 e. The highest BCUT2D eigenvalue weighted by Gasteiger charge is 2.21. The summed E-state index contributed by atoms with van der Waals surface area (Å²) in [4.78, 5) is 22.9. The van der Waals surface area contributed by atoms with Crippen LogP contribution in [0.1, 0.15) is 31.3 Å². The van der Waals surface area contributed by atoms with Gasteiger partial charge in [0.15, 0.2) is 23.3 Å². The molecule has 1 aromatic heterocycles. The van der Waals surface area contributed by atoms with Gasteiger partial charge < -0.3 is 19.3 Å². The molecule has 1 heterocycles. The van der Waals surface area contributed by atoms with Crippen molar-refractivity contribution < 1.29 is 28.9 Å². The zero-order chi connectivity index (χ0) is 18.4. The van der Waals surface area contributed by atoms with E-state index in [1.807, 2.05) is 0 Å². The molecule has 0 spiro atoms. The number of aliphatic carboxylic acids is 1. The number of nitrogens with one attached hydrogen (secondary N) is 1. The van der Waals surface area contributed by atoms with Gasteiger partial charge in [-0.1, -0.05) is 0 Å². The zero-order valence-corrected chi connectivity index (χ0v) is 14.1. The third-order valence-corrected chi connectivity index (χ3v) is 3.19. The molecule has 9 heteroatoms. The summed E-state index contributed by atoms with van der Waals surface area (Å²) in [6.45, 7) is 5.47. The summed E-state index contributed by atoms with van der Waals surface area (Å²) in [5.41, 5.74) is 0.907. The topological polar surface area (TPSA) is 124 Å². The first kappa shape index (κ1) is 18.2. The van der Waals surface area contributed by atoms with Crippen LogP contribution in [0, 0.1) is 0 Å². The summed E-state index contributed by atoms with van der Waals surface area (Å²) >= 11 is 0. The first-order valence-corrected chi connectivity index (χ1v) is 7.72. The number of carbonyl (C=O) groups excluding carboxylic acids is 1. The predicted octanol–water partition coefficient (Wildman–Crippen LogP) is 1.90. The number of aromatic amines is 1. The molecule has 1 unspecified atom stereocenters. The van der Waals surface area contributed by atoms with Crippen LogP contribution in [0.25, 0.3) is 11.3 Å². The summed E-state index contributed by atoms with van der Waals surface area (Å²) in [5.74, 6) is -1.07. The fraction of sp³-hybridized carbons (Fsp3) is 0.375. The number of benzene rings is 1. The van der Waals surface area contributed by atoms with Crippen LogP contribution < -0.4 is 9.47 Å². The van der Waals surface area contributed by atoms with Crippen LogP contribution in [0.3, 0.4) is 0 Å². The summed E-state index contributed by atoms with van der Waals surface area (Å²) in [5, 5.41) is 19.2. The molecule has 1 atom stereocenters. The van der Waals surface area contributed by atoms with Gasteiger partial charge in [0, 0.05) is 5.56 Å². The van der Waals surface area contributed by atoms with Crippen LogP contribution in [0.2, 0.25) is 0 Å². The van der Waals surface area contributed by atoms with Crippen molar-refractivity contribution in [3.05, 3.63) is 23.9 Å². The van der Waals surface area contributed by atoms with Gasteiger partial charge in [0.1, 0.15) is 5.69 Å². The number of aromatic nitrogens is 3. The van der Waals surface area contributed by atoms with Crippen molar-refractivity contribution in [2.24, 2.45) is 0 Å². The van der Waals surface area contributed by atoms with Gasteiger partial charge in [-0.15, -0.1) is 5.10 Å². The predicted molar refractivity (Wildman–Crippen MR) is 86.7 cm³/mol. The number of nitrogens with zero attached hydrogens (tertiary/aromatic N) is 2. The summed E-state index contributed by atoms with van der Waals surface area (Å²) in [6.07, 6.45) is -1.04. The summed E-state index contributed by atoms with van der Waals surface area (Å²) < 4.78 is 15.8. The van der Waals surface area contributed by atoms with Gasteiger partial charge in [0.2, 0.25) is 0 Å². The van der Waals surface area contributed by atoms with Gasteiger partial charge in [-0.2, -0.15) is 10.3 Å². The molecule has 0 aliphatic rings. The third-order valence-electron chi connectivity index (χ3n) is 3.19. The molecule has 0 aliphatic heterocycles. The highest BCUT2D eigenvalue weighted by Crippen LogP contribution is 2.33. The molecule has 0 aliphatic carbocycles. The Labute approximate surface area is 143 Å². The van der Waals surface area contributed by atoms with E-state index in [9.17, 15) is 9.59 Å². The largest absolute Gasteiger partial charge is 0.490 e. The van der Waals surface area contributed by atoms with Crippen molar-refractivity contribution >= 4 is 11.9 Å². The van der Waals surface area contributed by atoms with E-state index in [2.05, 4.69) is 15.4 Å². The number of carboxylic acid groups (broad SMARTS) is 1. The van der Waals surface area contributed by atoms with Crippen LogP contribution in [-0.4, -0.2) is 51.8 Å². The molecule has 134 valence electrons. The second-order valence-corrected chi connectivity index (χ2v) is 4.93. The molecule has 2 aromatic rings. The molecule has 2 N–H and O–H groups in total. The highest BCUT2D eigenvalue weighted by atomic mass is 16.5. The zero-order valence-electron chi connectivity index (χ0n) is 14.1. The van der Waals surface area contributed by atoms with Crippen LogP contribution in [-0.2, 0) is 9.53 Å². The van der Waals surface area contributed by atoms with E-state index < -0.39 is 18.0 Å². The maximum atomic E-state index is 11.9. The Morgan fingerprint density at radius 1 is 1.20 bits per heavy atom. The van der Waals surface area contributed by atoms with Crippen molar-refractivity contribution in [2.75, 3.05) is 13.2 Å². The van der Waals surface area contributed by atoms with Crippen LogP contribution in [0.4, 0.5) is 0 Å². The van der Waals surface area contributed by atoms with Crippen LogP contribution in [0.5, 0.6) is 11.5 Å². The van der Waals surface area contributed by atoms with E-state index in [-0.39, 0.29) is 18.1 Å². The second kappa shape index (κ2) is 8.13. The van der Waals surface area contributed by atoms with Crippen molar-refractivity contribution in [3.8, 4) is 22.8 Å². The summed E-state index contributed by atoms with van der Waals surface area (Å²) in [7, 11) is 0. The summed E-state index contributed by atoms with van der Waals surface area (Å²) in [6, 6.07) is 4.80. The molecular weight excluding hydrogens is 330 g/mol. The minimum Gasteiger partial charge on any atom is -0.490 e. The molecule has 0 bridgehead atoms. The number of carboxylic acids is 1. The first-order valence-electron chi connectivity index (χ1n) is 7.72. The lowest BCUT2D eigenvalue weighted by molar-refractivity contribution is -0.144. The molecule has 9 nitrogen and oxygen atoms in total. The third kappa shape index (κ3) is 4.25. The Morgan fingerprint density at radius 3 is 2.60 bits per heavy atom. The van der Waals surface area contributed by atoms with Crippen molar-refractivity contribution in [1.82, 2.24) is 15.4 Å². The molecule has 0 saturated carbocycles. The molecule has 25 heavy (non-hydrogen) atoms. The average molecular weight is 349 g/mol. The van der Waals surface area contributed by atoms with Gasteiger partial charge in [0.05, 0.1) is 13.2 Å². The Bertz CT molecular complexity index is 758. The van der Waals surface area contributed by atoms with Gasteiger partial charge >= 0.3 is 11.9 Å². The molecule has 0 amide bonds. The number of esters is 1. The highest BCUT2D eigenvalue weighted by molar-refractivity contribution is 5.94. The van der Waals surface area contributed by atoms with E-state index in [1.165, 1.54) is 6.92 Å². The molecule has 1 aromatic carbocycles. The SMILES string of the molecule is CCOC(=O)c1n[nH]nc1-c1ccc(OC(C)C(=O)O)c(OCC)c1. The van der Waals surface area contributed by atoms with Crippen LogP contribution in [0.15, 0.2) is 18.2 Å². The van der Waals surface area contributed by atoms with Gasteiger partial charge in [-0.3, -0.25) is 0 Å². The molecule has 0 radical (unpaired) electrons. The maximum Gasteiger partial charge on any atom is 0.361 e. The quantitative estimate of drug-likeness (QED) is 0.693. The first-order chi connectivity index (χ1) is 12.0. The number of hydrogen-bond donors (Lipinski definition) is 2. The van der Waals surface area contributed by atoms with Crippen molar-refractivity contribution in [2.45, 2.75) is 26.9 Å². The van der Waals surface area contributed by atoms with Crippen molar-refractivity contribution in [3.63, 3.8) is 0 Å². The minimum atomic E-state index is -1.09. The number of rotatable bonds is 8. The minimum absolute atomic E-state index is 0.0527. The Balaban J connectivity index is 2.38. The monoisotopic (exact) mass is 349 g/mol. The Kier molecular flexibility index (Phi) is 5.93. The van der Waals surface area contributed by atoms with E-state index in [1.54, 1.807) is 32.0 Å². The maximum absolute atomic E-state index is 11.9. The van der Waals surface area contributed by atoms with E-state index >= 15 is 0 Å². The van der Waals surface area contributed by atoms with Crippen molar-refractivity contribution in [1.29, 1.82) is 0 Å². The standard InChI is InChI=1S/C16H19N3O6/c1-4-23-12-8-10(6-7-11(12)25-9(3)15(20)21)13-14(18-19-17-13)16(22)24-5-2/h6-9H,4-5H2,1-3H3,(H,20,21)(H,17,18,19). The van der Waals surface area contributed by atoms with E-state index in [0.717, 1.165) is 0 Å². The van der Waals surface area contributed by atoms with Gasteiger partial charge in [-0.05, 0) is 39.0 Å². The molecular formula is C16H19N3O6. The molecule has 0 saturated heterocycles. The van der Waals surface area contributed by atoms with Crippen LogP contribution >= 0.6 is 0 Å². The second-order valence-electron chi connectivity index (χ2n) is 4.93. The number of hydrogen-bond acceptors (Lipinski definition) is 7. The molecule has 2 rings (SSSR count). The lowest BCUT2D eigenvalue weighted by Gasteiger charge is -2.15. The van der Waals surface area contributed by atoms with Gasteiger partial charge in [0.25, 0.3) is 0 Å². The van der Waals surface area contributed by atoms with E-state index in [4.69, 9.17) is 19.3 Å². The normalized spacial score (nSPS) is 11.6. The lowest BCUT2D eigenvalue weighted by Crippen LogP contribution is -2.23. The fourth-order valence-corrected chi connectivity index (χ4v) is 2.04. The fourth-order valence-electron chi connectivity index (χ4n) is 2.04. The molecule has 0 fully saturated rings. The lowest BCUT2D eigenvalue weighted by atomic mass is 10.1. The van der Waals surface area contributed by atoms with Gasteiger partial charge in [-0.25, -0.2) is 9.59 Å². The Morgan fingerprint density at radius 2 is 1.96 bits per heavy atom. The number of carbonyl (C=O) groups is 2. The van der Waals surface area contributed by atoms with E-state index in [0.29, 0.717) is 23.6 Å². The average Bonchev–Trinajstić information content (AvgIpc) is 3.06. The number of ether oxygens (including phenoxy) is 3. The Hall–Kier alpha value is -3.10. The number of H-pyrrole nitrogens is 1.